The average Bonchev–Trinajstić information content (AvgIpc) is 2.92. The van der Waals surface area contributed by atoms with E-state index in [1.165, 1.54) is 43.7 Å². The number of amides is 1. The van der Waals surface area contributed by atoms with Crippen molar-refractivity contribution in [2.24, 2.45) is 5.73 Å². The van der Waals surface area contributed by atoms with Crippen molar-refractivity contribution in [1.29, 1.82) is 0 Å². The largest absolute Gasteiger partial charge is 0.506 e. The first kappa shape index (κ1) is 26.9. The van der Waals surface area contributed by atoms with Crippen molar-refractivity contribution in [3.8, 4) is 5.75 Å². The number of phenols is 1. The van der Waals surface area contributed by atoms with Crippen LogP contribution in [0.15, 0.2) is 59.4 Å². The summed E-state index contributed by atoms with van der Waals surface area (Å²) >= 11 is 0. The highest BCUT2D eigenvalue weighted by Crippen LogP contribution is 2.27. The first-order valence-electron chi connectivity index (χ1n) is 13.6. The Labute approximate surface area is 219 Å². The van der Waals surface area contributed by atoms with Crippen LogP contribution in [0, 0.1) is 0 Å². The maximum absolute atomic E-state index is 11.8. The maximum atomic E-state index is 11.8. The molecule has 4 rings (SSSR count). The molecule has 1 amide bonds. The van der Waals surface area contributed by atoms with Crippen LogP contribution in [0.3, 0.4) is 0 Å². The van der Waals surface area contributed by atoms with Gasteiger partial charge in [0.25, 0.3) is 0 Å². The number of nitrogens with one attached hydrogen (secondary N) is 1. The van der Waals surface area contributed by atoms with Crippen molar-refractivity contribution in [1.82, 2.24) is 14.8 Å². The highest BCUT2D eigenvalue weighted by Gasteiger charge is 2.22. The molecule has 1 aliphatic rings. The number of aromatic nitrogens is 1. The molecule has 4 N–H and O–H groups in total. The predicted octanol–water partition coefficient (Wildman–Crippen LogP) is 3.83. The van der Waals surface area contributed by atoms with Crippen LogP contribution >= 0.6 is 0 Å². The Morgan fingerprint density at radius 1 is 0.892 bits per heavy atom. The van der Waals surface area contributed by atoms with Crippen molar-refractivity contribution in [2.75, 3.05) is 32.7 Å². The third-order valence-corrected chi connectivity index (χ3v) is 7.66. The Bertz CT molecular complexity index is 1200. The molecule has 198 valence electrons. The lowest BCUT2D eigenvalue weighted by Crippen LogP contribution is -2.44. The zero-order valence-electron chi connectivity index (χ0n) is 21.7. The Balaban J connectivity index is 1.44. The topological polar surface area (TPSA) is 103 Å². The van der Waals surface area contributed by atoms with E-state index in [1.807, 2.05) is 18.2 Å². The van der Waals surface area contributed by atoms with Gasteiger partial charge >= 0.3 is 0 Å². The number of carbonyl (C=O) groups is 1. The molecule has 1 fully saturated rings. The van der Waals surface area contributed by atoms with E-state index in [-0.39, 0.29) is 17.2 Å². The average molecular weight is 505 g/mol. The van der Waals surface area contributed by atoms with Crippen LogP contribution in [0.4, 0.5) is 0 Å². The predicted molar refractivity (Wildman–Crippen MR) is 149 cm³/mol. The van der Waals surface area contributed by atoms with Gasteiger partial charge < -0.3 is 20.7 Å². The number of fused-ring (bicyclic) bond motifs is 1. The molecule has 0 aliphatic heterocycles. The van der Waals surface area contributed by atoms with Gasteiger partial charge in [0.1, 0.15) is 5.75 Å². The van der Waals surface area contributed by atoms with Gasteiger partial charge in [-0.15, -0.1) is 0 Å². The van der Waals surface area contributed by atoms with Gasteiger partial charge in [-0.3, -0.25) is 14.5 Å². The highest BCUT2D eigenvalue weighted by atomic mass is 16.3. The van der Waals surface area contributed by atoms with Crippen LogP contribution in [-0.4, -0.2) is 64.6 Å². The lowest BCUT2D eigenvalue weighted by Gasteiger charge is -2.36. The molecule has 0 radical (unpaired) electrons. The number of hydrogen-bond donors (Lipinski definition) is 3. The minimum absolute atomic E-state index is 0.101. The number of H-pyrrole nitrogens is 1. The smallest absolute Gasteiger partial charge is 0.248 e. The van der Waals surface area contributed by atoms with Gasteiger partial charge in [0, 0.05) is 56.6 Å². The molecule has 1 aliphatic carbocycles. The molecule has 37 heavy (non-hydrogen) atoms. The summed E-state index contributed by atoms with van der Waals surface area (Å²) in [5.74, 6) is -0.157. The van der Waals surface area contributed by atoms with Gasteiger partial charge in [-0.2, -0.15) is 0 Å². The summed E-state index contributed by atoms with van der Waals surface area (Å²) in [7, 11) is 0. The van der Waals surface area contributed by atoms with Crippen molar-refractivity contribution in [2.45, 2.75) is 57.4 Å². The standard InChI is InChI=1S/C30H40N4O3/c31-28(36)17-19-33(18-15-23-7-3-1-4-8-23)21-22-34(25-9-5-2-6-10-25)20-16-24-11-13-27(35)30-26(24)12-14-29(37)32-30/h1,3-4,7-8,11-14,25,35H,2,5-6,9-10,15-22H2,(H2,31,36)(H,32,37). The number of aromatic amines is 1. The number of pyridine rings is 1. The summed E-state index contributed by atoms with van der Waals surface area (Å²) < 4.78 is 0. The van der Waals surface area contributed by atoms with Crippen molar-refractivity contribution in [3.63, 3.8) is 0 Å². The Morgan fingerprint density at radius 2 is 1.68 bits per heavy atom. The van der Waals surface area contributed by atoms with Gasteiger partial charge in [0.2, 0.25) is 11.5 Å². The van der Waals surface area contributed by atoms with Gasteiger partial charge in [0.15, 0.2) is 0 Å². The third-order valence-electron chi connectivity index (χ3n) is 7.66. The third kappa shape index (κ3) is 7.91. The van der Waals surface area contributed by atoms with E-state index in [1.54, 1.807) is 6.07 Å². The number of phenolic OH excluding ortho intramolecular Hbond substituents is 1. The van der Waals surface area contributed by atoms with E-state index >= 15 is 0 Å². The van der Waals surface area contributed by atoms with Crippen LogP contribution in [0.5, 0.6) is 5.75 Å². The maximum Gasteiger partial charge on any atom is 0.248 e. The van der Waals surface area contributed by atoms with Crippen LogP contribution in [0.1, 0.15) is 49.7 Å². The summed E-state index contributed by atoms with van der Waals surface area (Å²) in [5, 5.41) is 11.1. The summed E-state index contributed by atoms with van der Waals surface area (Å²) in [6.07, 6.45) is 8.43. The monoisotopic (exact) mass is 504 g/mol. The molecule has 0 unspecified atom stereocenters. The number of hydrogen-bond acceptors (Lipinski definition) is 5. The molecule has 3 aromatic rings. The van der Waals surface area contributed by atoms with Crippen molar-refractivity contribution >= 4 is 16.8 Å². The molecule has 7 nitrogen and oxygen atoms in total. The number of aromatic hydroxyl groups is 1. The van der Waals surface area contributed by atoms with Crippen LogP contribution in [0.2, 0.25) is 0 Å². The van der Waals surface area contributed by atoms with Gasteiger partial charge in [-0.05, 0) is 48.9 Å². The molecular weight excluding hydrogens is 464 g/mol. The zero-order chi connectivity index (χ0) is 26.0. The summed E-state index contributed by atoms with van der Waals surface area (Å²) in [4.78, 5) is 31.1. The number of primary amides is 1. The minimum Gasteiger partial charge on any atom is -0.506 e. The quantitative estimate of drug-likeness (QED) is 0.328. The van der Waals surface area contributed by atoms with Crippen molar-refractivity contribution in [3.05, 3.63) is 76.1 Å². The molecule has 0 atom stereocenters. The Morgan fingerprint density at radius 3 is 2.43 bits per heavy atom. The van der Waals surface area contributed by atoms with E-state index in [9.17, 15) is 14.7 Å². The molecule has 0 bridgehead atoms. The summed E-state index contributed by atoms with van der Waals surface area (Å²) in [6, 6.07) is 18.0. The van der Waals surface area contributed by atoms with E-state index in [2.05, 4.69) is 39.0 Å². The molecule has 2 aromatic carbocycles. The van der Waals surface area contributed by atoms with E-state index in [0.717, 1.165) is 50.0 Å². The first-order chi connectivity index (χ1) is 18.0. The number of benzene rings is 2. The number of nitrogens with zero attached hydrogens (tertiary/aromatic N) is 2. The fraction of sp³-hybridized carbons (Fsp3) is 0.467. The second-order valence-corrected chi connectivity index (χ2v) is 10.2. The number of rotatable bonds is 13. The summed E-state index contributed by atoms with van der Waals surface area (Å²) in [6.45, 7) is 4.31. The molecule has 1 aromatic heterocycles. The summed E-state index contributed by atoms with van der Waals surface area (Å²) in [5.41, 5.74) is 8.20. The van der Waals surface area contributed by atoms with Gasteiger partial charge in [-0.25, -0.2) is 0 Å². The van der Waals surface area contributed by atoms with E-state index < -0.39 is 0 Å². The highest BCUT2D eigenvalue weighted by molar-refractivity contribution is 5.87. The van der Waals surface area contributed by atoms with Crippen molar-refractivity contribution < 1.29 is 9.90 Å². The molecule has 7 heteroatoms. The second kappa shape index (κ2) is 13.4. The number of nitrogens with two attached hydrogens (primary N) is 1. The van der Waals surface area contributed by atoms with Crippen LogP contribution in [0.25, 0.3) is 10.9 Å². The SMILES string of the molecule is NC(=O)CCN(CCc1ccccc1)CCN(CCc1ccc(O)c2[nH]c(=O)ccc12)C1CCCCC1. The Hall–Kier alpha value is -3.16. The lowest BCUT2D eigenvalue weighted by molar-refractivity contribution is -0.118. The molecule has 1 heterocycles. The fourth-order valence-electron chi connectivity index (χ4n) is 5.51. The molecule has 0 saturated heterocycles. The zero-order valence-corrected chi connectivity index (χ0v) is 21.7. The lowest BCUT2D eigenvalue weighted by atomic mass is 9.93. The Kier molecular flexibility index (Phi) is 9.74. The first-order valence-corrected chi connectivity index (χ1v) is 13.6. The van der Waals surface area contributed by atoms with Crippen LogP contribution in [-0.2, 0) is 17.6 Å². The van der Waals surface area contributed by atoms with E-state index in [0.29, 0.717) is 24.5 Å². The molecular formula is C30H40N4O3. The molecule has 0 spiro atoms. The minimum atomic E-state index is -0.258. The van der Waals surface area contributed by atoms with E-state index in [4.69, 9.17) is 5.73 Å². The second-order valence-electron chi connectivity index (χ2n) is 10.2. The van der Waals surface area contributed by atoms with Crippen LogP contribution < -0.4 is 11.3 Å². The normalized spacial score (nSPS) is 14.5. The number of carbonyl (C=O) groups excluding carboxylic acids is 1. The van der Waals surface area contributed by atoms with Gasteiger partial charge in [-0.1, -0.05) is 55.7 Å². The van der Waals surface area contributed by atoms with Gasteiger partial charge in [0.05, 0.1) is 5.52 Å². The molecule has 1 saturated carbocycles. The fourth-order valence-corrected chi connectivity index (χ4v) is 5.51.